The molecule has 1 N–H and O–H groups in total. The minimum absolute atomic E-state index is 0.0719. The van der Waals surface area contributed by atoms with E-state index in [0.717, 1.165) is 23.8 Å². The highest BCUT2D eigenvalue weighted by Gasteiger charge is 2.24. The standard InChI is InChI=1S/C23H18FN3O4/c1-13-5-8-20-18(10-13)21(17-4-3-9-25-23(17)29)22(14(2)28)26(20)12-15-11-16(27(30)31)6-7-19(15)24/h3-11H,12H2,1-2H3,(H,25,29). The number of Topliss-reactive ketones (excluding diaryl/α,β-unsaturated/α-hetero) is 1. The van der Waals surface area contributed by atoms with E-state index in [1.165, 1.54) is 13.1 Å². The number of carbonyl (C=O) groups is 1. The number of H-pyrrole nitrogens is 1. The molecular formula is C23H18FN3O4. The first-order valence-electron chi connectivity index (χ1n) is 9.52. The summed E-state index contributed by atoms with van der Waals surface area (Å²) in [4.78, 5) is 38.5. The number of halogens is 1. The van der Waals surface area contributed by atoms with Gasteiger partial charge in [-0.1, -0.05) is 11.6 Å². The number of aryl methyl sites for hydroxylation is 1. The zero-order valence-corrected chi connectivity index (χ0v) is 16.8. The monoisotopic (exact) mass is 419 g/mol. The van der Waals surface area contributed by atoms with E-state index in [1.54, 1.807) is 22.8 Å². The van der Waals surface area contributed by atoms with Crippen molar-refractivity contribution in [3.05, 3.63) is 97.8 Å². The van der Waals surface area contributed by atoms with Crippen molar-refractivity contribution >= 4 is 22.4 Å². The van der Waals surface area contributed by atoms with Crippen LogP contribution in [0.25, 0.3) is 22.0 Å². The van der Waals surface area contributed by atoms with Crippen LogP contribution in [0.3, 0.4) is 0 Å². The van der Waals surface area contributed by atoms with Gasteiger partial charge in [-0.05, 0) is 37.3 Å². The van der Waals surface area contributed by atoms with Gasteiger partial charge in [-0.25, -0.2) is 4.39 Å². The van der Waals surface area contributed by atoms with Gasteiger partial charge in [0.1, 0.15) is 5.82 Å². The number of hydrogen-bond acceptors (Lipinski definition) is 4. The van der Waals surface area contributed by atoms with E-state index in [2.05, 4.69) is 4.98 Å². The number of aromatic nitrogens is 2. The molecule has 8 heteroatoms. The minimum Gasteiger partial charge on any atom is -0.333 e. The summed E-state index contributed by atoms with van der Waals surface area (Å²) < 4.78 is 16.1. The number of nitro groups is 1. The number of fused-ring (bicyclic) bond motifs is 1. The molecule has 0 saturated carbocycles. The number of hydrogen-bond donors (Lipinski definition) is 1. The van der Waals surface area contributed by atoms with Crippen molar-refractivity contribution < 1.29 is 14.1 Å². The van der Waals surface area contributed by atoms with E-state index < -0.39 is 10.7 Å². The number of ketones is 1. The topological polar surface area (TPSA) is 98.0 Å². The van der Waals surface area contributed by atoms with Crippen molar-refractivity contribution in [2.24, 2.45) is 0 Å². The number of non-ortho nitro benzene ring substituents is 1. The van der Waals surface area contributed by atoms with Crippen LogP contribution in [0.1, 0.15) is 28.5 Å². The number of carbonyl (C=O) groups excluding carboxylic acids is 1. The molecule has 0 amide bonds. The Morgan fingerprint density at radius 2 is 1.97 bits per heavy atom. The molecular weight excluding hydrogens is 401 g/mol. The van der Waals surface area contributed by atoms with Gasteiger partial charge in [0.2, 0.25) is 0 Å². The zero-order chi connectivity index (χ0) is 22.3. The molecule has 2 aromatic heterocycles. The molecule has 0 saturated heterocycles. The first-order valence-corrected chi connectivity index (χ1v) is 9.52. The smallest absolute Gasteiger partial charge is 0.269 e. The predicted molar refractivity (Wildman–Crippen MR) is 115 cm³/mol. The average Bonchev–Trinajstić information content (AvgIpc) is 3.03. The number of rotatable bonds is 5. The number of benzene rings is 2. The van der Waals surface area contributed by atoms with E-state index in [0.29, 0.717) is 22.0 Å². The van der Waals surface area contributed by atoms with E-state index >= 15 is 0 Å². The first-order chi connectivity index (χ1) is 14.8. The number of pyridine rings is 1. The Morgan fingerprint density at radius 1 is 1.19 bits per heavy atom. The fourth-order valence-corrected chi connectivity index (χ4v) is 3.86. The predicted octanol–water partition coefficient (Wildman–Crippen LogP) is 4.60. The first kappa shape index (κ1) is 20.2. The number of nitrogens with one attached hydrogen (secondary N) is 1. The summed E-state index contributed by atoms with van der Waals surface area (Å²) in [5.41, 5.74) is 2.04. The fourth-order valence-electron chi connectivity index (χ4n) is 3.86. The largest absolute Gasteiger partial charge is 0.333 e. The third-order valence-electron chi connectivity index (χ3n) is 5.21. The van der Waals surface area contributed by atoms with Crippen LogP contribution in [-0.2, 0) is 6.54 Å². The summed E-state index contributed by atoms with van der Waals surface area (Å²) in [6, 6.07) is 12.1. The van der Waals surface area contributed by atoms with Gasteiger partial charge in [-0.15, -0.1) is 0 Å². The van der Waals surface area contributed by atoms with E-state index in [-0.39, 0.29) is 34.8 Å². The van der Waals surface area contributed by atoms with Crippen LogP contribution >= 0.6 is 0 Å². The molecule has 4 rings (SSSR count). The average molecular weight is 419 g/mol. The Labute approximate surface area is 175 Å². The Kier molecular flexibility index (Phi) is 4.98. The van der Waals surface area contributed by atoms with Crippen LogP contribution in [0.2, 0.25) is 0 Å². The third-order valence-corrected chi connectivity index (χ3v) is 5.21. The molecule has 0 fully saturated rings. The van der Waals surface area contributed by atoms with Gasteiger partial charge in [-0.2, -0.15) is 0 Å². The maximum atomic E-state index is 14.5. The van der Waals surface area contributed by atoms with Gasteiger partial charge in [0.05, 0.1) is 17.2 Å². The van der Waals surface area contributed by atoms with Gasteiger partial charge in [0.25, 0.3) is 11.2 Å². The van der Waals surface area contributed by atoms with Crippen molar-refractivity contribution in [3.8, 4) is 11.1 Å². The van der Waals surface area contributed by atoms with Crippen LogP contribution in [0.15, 0.2) is 59.5 Å². The molecule has 0 aliphatic rings. The summed E-state index contributed by atoms with van der Waals surface area (Å²) in [5.74, 6) is -0.925. The van der Waals surface area contributed by atoms with Crippen LogP contribution in [0.4, 0.5) is 10.1 Å². The summed E-state index contributed by atoms with van der Waals surface area (Å²) in [6.07, 6.45) is 1.50. The van der Waals surface area contributed by atoms with Gasteiger partial charge in [-0.3, -0.25) is 19.7 Å². The van der Waals surface area contributed by atoms with Gasteiger partial charge in [0, 0.05) is 52.8 Å². The molecule has 4 aromatic rings. The molecule has 2 aromatic carbocycles. The third kappa shape index (κ3) is 3.52. The van der Waals surface area contributed by atoms with Crippen LogP contribution in [0, 0.1) is 22.9 Å². The maximum Gasteiger partial charge on any atom is 0.269 e. The Hall–Kier alpha value is -4.07. The van der Waals surface area contributed by atoms with Gasteiger partial charge < -0.3 is 9.55 Å². The second-order valence-corrected chi connectivity index (χ2v) is 7.33. The summed E-state index contributed by atoms with van der Waals surface area (Å²) in [5, 5.41) is 11.8. The van der Waals surface area contributed by atoms with Crippen molar-refractivity contribution in [1.29, 1.82) is 0 Å². The Morgan fingerprint density at radius 3 is 2.65 bits per heavy atom. The van der Waals surface area contributed by atoms with Crippen LogP contribution in [-0.4, -0.2) is 20.3 Å². The zero-order valence-electron chi connectivity index (χ0n) is 16.8. The fraction of sp³-hybridized carbons (Fsp3) is 0.130. The SMILES string of the molecule is CC(=O)c1c(-c2ccc[nH]c2=O)c2cc(C)ccc2n1Cc1cc([N+](=O)[O-])ccc1F. The lowest BCUT2D eigenvalue weighted by Crippen LogP contribution is -2.13. The molecule has 0 unspecified atom stereocenters. The highest BCUT2D eigenvalue weighted by molar-refractivity contribution is 6.10. The molecule has 2 heterocycles. The molecule has 0 atom stereocenters. The quantitative estimate of drug-likeness (QED) is 0.290. The summed E-state index contributed by atoms with van der Waals surface area (Å²) in [7, 11) is 0. The molecule has 0 aliphatic carbocycles. The summed E-state index contributed by atoms with van der Waals surface area (Å²) in [6.45, 7) is 3.16. The molecule has 7 nitrogen and oxygen atoms in total. The second kappa shape index (κ2) is 7.64. The van der Waals surface area contributed by atoms with E-state index in [1.807, 2.05) is 19.1 Å². The van der Waals surface area contributed by atoms with Crippen molar-refractivity contribution in [2.75, 3.05) is 0 Å². The molecule has 0 aliphatic heterocycles. The molecule has 0 bridgehead atoms. The normalized spacial score (nSPS) is 11.1. The number of nitro benzene ring substituents is 1. The second-order valence-electron chi connectivity index (χ2n) is 7.33. The van der Waals surface area contributed by atoms with Gasteiger partial charge >= 0.3 is 0 Å². The minimum atomic E-state index is -0.617. The van der Waals surface area contributed by atoms with Crippen LogP contribution < -0.4 is 5.56 Å². The van der Waals surface area contributed by atoms with Crippen molar-refractivity contribution in [1.82, 2.24) is 9.55 Å². The molecule has 0 spiro atoms. The van der Waals surface area contributed by atoms with E-state index in [9.17, 15) is 24.1 Å². The van der Waals surface area contributed by atoms with Gasteiger partial charge in [0.15, 0.2) is 5.78 Å². The number of nitrogens with zero attached hydrogens (tertiary/aromatic N) is 2. The number of aromatic amines is 1. The Bertz CT molecular complexity index is 1420. The Balaban J connectivity index is 2.05. The summed E-state index contributed by atoms with van der Waals surface area (Å²) >= 11 is 0. The molecule has 156 valence electrons. The van der Waals surface area contributed by atoms with Crippen LogP contribution in [0.5, 0.6) is 0 Å². The highest BCUT2D eigenvalue weighted by atomic mass is 19.1. The molecule has 0 radical (unpaired) electrons. The van der Waals surface area contributed by atoms with Crippen molar-refractivity contribution in [2.45, 2.75) is 20.4 Å². The lowest BCUT2D eigenvalue weighted by Gasteiger charge is -2.11. The van der Waals surface area contributed by atoms with E-state index in [4.69, 9.17) is 0 Å². The highest BCUT2D eigenvalue weighted by Crippen LogP contribution is 2.35. The lowest BCUT2D eigenvalue weighted by atomic mass is 10.0. The van der Waals surface area contributed by atoms with Crippen molar-refractivity contribution in [3.63, 3.8) is 0 Å². The lowest BCUT2D eigenvalue weighted by molar-refractivity contribution is -0.385. The molecule has 31 heavy (non-hydrogen) atoms. The maximum absolute atomic E-state index is 14.5.